The molecule has 0 bridgehead atoms. The monoisotopic (exact) mass is 337 g/mol. The molecule has 0 saturated carbocycles. The summed E-state index contributed by atoms with van der Waals surface area (Å²) in [6.07, 6.45) is 3.12. The zero-order chi connectivity index (χ0) is 17.0. The van der Waals surface area contributed by atoms with Crippen LogP contribution in [0.1, 0.15) is 33.9 Å². The minimum atomic E-state index is 0.395. The molecule has 2 aromatic rings. The van der Waals surface area contributed by atoms with Crippen molar-refractivity contribution in [3.8, 4) is 17.2 Å². The van der Waals surface area contributed by atoms with Crippen molar-refractivity contribution >= 4 is 0 Å². The van der Waals surface area contributed by atoms with Crippen molar-refractivity contribution < 1.29 is 14.2 Å². The highest BCUT2D eigenvalue weighted by molar-refractivity contribution is 5.53. The summed E-state index contributed by atoms with van der Waals surface area (Å²) in [6, 6.07) is 9.13. The number of methoxy groups -OCH3 is 2. The van der Waals surface area contributed by atoms with Gasteiger partial charge in [-0.3, -0.25) is 4.90 Å². The molecule has 0 aliphatic carbocycles. The minimum absolute atomic E-state index is 0.395. The highest BCUT2D eigenvalue weighted by Crippen LogP contribution is 2.45. The lowest BCUT2D eigenvalue weighted by Crippen LogP contribution is -2.39. The van der Waals surface area contributed by atoms with Gasteiger partial charge in [0.05, 0.1) is 20.8 Å². The van der Waals surface area contributed by atoms with Crippen molar-refractivity contribution in [1.29, 1.82) is 0 Å². The molecule has 0 N–H and O–H groups in total. The normalized spacial score (nSPS) is 20.8. The first-order chi connectivity index (χ1) is 12.3. The predicted octanol–water partition coefficient (Wildman–Crippen LogP) is 3.29. The molecule has 5 rings (SSSR count). The Morgan fingerprint density at radius 2 is 1.80 bits per heavy atom. The van der Waals surface area contributed by atoms with Crippen LogP contribution in [0.15, 0.2) is 24.3 Å². The molecule has 0 spiro atoms. The van der Waals surface area contributed by atoms with Gasteiger partial charge in [0, 0.05) is 36.7 Å². The van der Waals surface area contributed by atoms with Gasteiger partial charge in [-0.2, -0.15) is 0 Å². The Balaban J connectivity index is 1.60. The molecule has 2 aromatic carbocycles. The van der Waals surface area contributed by atoms with Crippen LogP contribution in [-0.4, -0.2) is 32.3 Å². The van der Waals surface area contributed by atoms with E-state index in [1.54, 1.807) is 14.2 Å². The Bertz CT molecular complexity index is 846. The van der Waals surface area contributed by atoms with E-state index in [4.69, 9.17) is 14.2 Å². The van der Waals surface area contributed by atoms with Gasteiger partial charge in [0.25, 0.3) is 0 Å². The molecule has 0 amide bonds. The smallest absolute Gasteiger partial charge is 0.123 e. The summed E-state index contributed by atoms with van der Waals surface area (Å²) in [5, 5.41) is 0. The molecule has 0 radical (unpaired) electrons. The standard InChI is InChI=1S/C21H23NO3/c1-23-19-3-4-20(24-2)17-12-22-7-5-13-9-14-6-8-25-21(14)11-15(13)18(22)10-16(17)19/h3-4,9,11,18H,5-8,10,12H2,1-2H3/t18-/m0/s1. The van der Waals surface area contributed by atoms with Crippen molar-refractivity contribution in [1.82, 2.24) is 4.90 Å². The summed E-state index contributed by atoms with van der Waals surface area (Å²) >= 11 is 0. The van der Waals surface area contributed by atoms with Gasteiger partial charge in [0.1, 0.15) is 17.2 Å². The highest BCUT2D eigenvalue weighted by Gasteiger charge is 2.35. The maximum absolute atomic E-state index is 5.83. The van der Waals surface area contributed by atoms with Crippen LogP contribution in [0.25, 0.3) is 0 Å². The van der Waals surface area contributed by atoms with E-state index < -0.39 is 0 Å². The summed E-state index contributed by atoms with van der Waals surface area (Å²) in [5.41, 5.74) is 6.87. The lowest BCUT2D eigenvalue weighted by atomic mass is 9.82. The lowest BCUT2D eigenvalue weighted by Gasteiger charge is -2.42. The van der Waals surface area contributed by atoms with Crippen LogP contribution in [0.4, 0.5) is 0 Å². The first-order valence-electron chi connectivity index (χ1n) is 9.03. The van der Waals surface area contributed by atoms with Gasteiger partial charge in [-0.15, -0.1) is 0 Å². The van der Waals surface area contributed by atoms with Gasteiger partial charge in [-0.05, 0) is 47.7 Å². The molecule has 0 saturated heterocycles. The Kier molecular flexibility index (Phi) is 3.42. The first kappa shape index (κ1) is 15.1. The van der Waals surface area contributed by atoms with Crippen molar-refractivity contribution in [3.05, 3.63) is 52.1 Å². The summed E-state index contributed by atoms with van der Waals surface area (Å²) in [7, 11) is 3.50. The topological polar surface area (TPSA) is 30.9 Å². The number of hydrogen-bond donors (Lipinski definition) is 0. The fourth-order valence-electron chi connectivity index (χ4n) is 4.69. The third kappa shape index (κ3) is 2.24. The van der Waals surface area contributed by atoms with Gasteiger partial charge in [-0.1, -0.05) is 6.07 Å². The molecule has 0 fully saturated rings. The molecule has 0 unspecified atom stereocenters. The fraction of sp³-hybridized carbons (Fsp3) is 0.429. The second-order valence-electron chi connectivity index (χ2n) is 7.12. The molecule has 130 valence electrons. The van der Waals surface area contributed by atoms with Crippen LogP contribution >= 0.6 is 0 Å². The van der Waals surface area contributed by atoms with Crippen LogP contribution in [0.2, 0.25) is 0 Å². The molecule has 3 aliphatic rings. The Hall–Kier alpha value is -2.20. The Labute approximate surface area is 148 Å². The van der Waals surface area contributed by atoms with E-state index >= 15 is 0 Å². The quantitative estimate of drug-likeness (QED) is 0.841. The number of hydrogen-bond acceptors (Lipinski definition) is 4. The average Bonchev–Trinajstić information content (AvgIpc) is 3.11. The largest absolute Gasteiger partial charge is 0.496 e. The predicted molar refractivity (Wildman–Crippen MR) is 95.7 cm³/mol. The molecule has 4 heteroatoms. The molecular weight excluding hydrogens is 314 g/mol. The number of nitrogens with zero attached hydrogens (tertiary/aromatic N) is 1. The van der Waals surface area contributed by atoms with Crippen LogP contribution in [-0.2, 0) is 25.8 Å². The van der Waals surface area contributed by atoms with E-state index in [2.05, 4.69) is 17.0 Å². The highest BCUT2D eigenvalue weighted by atomic mass is 16.5. The molecular formula is C21H23NO3. The molecule has 0 aromatic heterocycles. The van der Waals surface area contributed by atoms with Crippen LogP contribution in [0, 0.1) is 0 Å². The van der Waals surface area contributed by atoms with Gasteiger partial charge in [0.2, 0.25) is 0 Å². The van der Waals surface area contributed by atoms with Gasteiger partial charge in [0.15, 0.2) is 0 Å². The molecule has 1 atom stereocenters. The number of ether oxygens (including phenoxy) is 3. The molecule has 4 nitrogen and oxygen atoms in total. The SMILES string of the molecule is COc1ccc(OC)c2c1C[C@H]1c3cc4c(cc3CCN1C2)CCO4. The van der Waals surface area contributed by atoms with Gasteiger partial charge < -0.3 is 14.2 Å². The van der Waals surface area contributed by atoms with Crippen molar-refractivity contribution in [2.24, 2.45) is 0 Å². The molecule has 3 heterocycles. The number of benzene rings is 2. The fourth-order valence-corrected chi connectivity index (χ4v) is 4.69. The summed E-state index contributed by atoms with van der Waals surface area (Å²) in [4.78, 5) is 2.58. The first-order valence-corrected chi connectivity index (χ1v) is 9.03. The molecule has 25 heavy (non-hydrogen) atoms. The van der Waals surface area contributed by atoms with E-state index in [0.29, 0.717) is 6.04 Å². The third-order valence-electron chi connectivity index (χ3n) is 5.96. The van der Waals surface area contributed by atoms with E-state index in [-0.39, 0.29) is 0 Å². The minimum Gasteiger partial charge on any atom is -0.496 e. The van der Waals surface area contributed by atoms with Gasteiger partial charge >= 0.3 is 0 Å². The van der Waals surface area contributed by atoms with E-state index in [0.717, 1.165) is 56.2 Å². The summed E-state index contributed by atoms with van der Waals surface area (Å²) in [5.74, 6) is 3.03. The van der Waals surface area contributed by atoms with E-state index in [1.165, 1.54) is 27.8 Å². The summed E-state index contributed by atoms with van der Waals surface area (Å²) < 4.78 is 17.1. The second-order valence-corrected chi connectivity index (χ2v) is 7.12. The molecule has 3 aliphatic heterocycles. The van der Waals surface area contributed by atoms with E-state index in [9.17, 15) is 0 Å². The van der Waals surface area contributed by atoms with Crippen LogP contribution in [0.3, 0.4) is 0 Å². The van der Waals surface area contributed by atoms with E-state index in [1.807, 2.05) is 12.1 Å². The average molecular weight is 337 g/mol. The third-order valence-corrected chi connectivity index (χ3v) is 5.96. The second kappa shape index (κ2) is 5.67. The van der Waals surface area contributed by atoms with Crippen molar-refractivity contribution in [2.45, 2.75) is 31.8 Å². The van der Waals surface area contributed by atoms with Crippen molar-refractivity contribution in [2.75, 3.05) is 27.4 Å². The Morgan fingerprint density at radius 3 is 2.60 bits per heavy atom. The Morgan fingerprint density at radius 1 is 1.00 bits per heavy atom. The van der Waals surface area contributed by atoms with Crippen molar-refractivity contribution in [3.63, 3.8) is 0 Å². The summed E-state index contributed by atoms with van der Waals surface area (Å²) in [6.45, 7) is 2.83. The number of fused-ring (bicyclic) bond motifs is 5. The number of rotatable bonds is 2. The maximum atomic E-state index is 5.83. The zero-order valence-electron chi connectivity index (χ0n) is 14.8. The zero-order valence-corrected chi connectivity index (χ0v) is 14.8. The maximum Gasteiger partial charge on any atom is 0.123 e. The van der Waals surface area contributed by atoms with Crippen LogP contribution in [0.5, 0.6) is 17.2 Å². The lowest BCUT2D eigenvalue weighted by molar-refractivity contribution is 0.156. The van der Waals surface area contributed by atoms with Crippen LogP contribution < -0.4 is 14.2 Å². The van der Waals surface area contributed by atoms with Gasteiger partial charge in [-0.25, -0.2) is 0 Å².